The lowest BCUT2D eigenvalue weighted by molar-refractivity contribution is 0.965. The monoisotopic (exact) mass is 370 g/mol. The minimum Gasteiger partial charge on any atom is -0.370 e. The third-order valence-electron chi connectivity index (χ3n) is 2.66. The Morgan fingerprint density at radius 3 is 2.65 bits per heavy atom. The molecule has 2 aromatic rings. The van der Waals surface area contributed by atoms with Gasteiger partial charge in [0.15, 0.2) is 0 Å². The lowest BCUT2D eigenvalue weighted by Gasteiger charge is -2.08. The van der Waals surface area contributed by atoms with Gasteiger partial charge in [-0.2, -0.15) is 0 Å². The molecule has 0 bridgehead atoms. The lowest BCUT2D eigenvalue weighted by atomic mass is 10.3. The van der Waals surface area contributed by atoms with Gasteiger partial charge in [-0.15, -0.1) is 11.8 Å². The molecule has 5 heteroatoms. The molecule has 2 nitrogen and oxygen atoms in total. The van der Waals surface area contributed by atoms with Gasteiger partial charge in [-0.25, -0.2) is 4.98 Å². The normalized spacial score (nSPS) is 10.6. The number of benzene rings is 1. The fourth-order valence-corrected chi connectivity index (χ4v) is 2.99. The summed E-state index contributed by atoms with van der Waals surface area (Å²) < 4.78 is 1.09. The Hall–Kier alpha value is -0.710. The van der Waals surface area contributed by atoms with Gasteiger partial charge < -0.3 is 5.32 Å². The summed E-state index contributed by atoms with van der Waals surface area (Å²) in [6.07, 6.45) is 1.08. The highest BCUT2D eigenvalue weighted by atomic mass is 79.9. The third-order valence-corrected chi connectivity index (χ3v) is 4.56. The molecule has 0 radical (unpaired) electrons. The van der Waals surface area contributed by atoms with E-state index in [1.807, 2.05) is 24.3 Å². The predicted molar refractivity (Wildman–Crippen MR) is 91.7 cm³/mol. The van der Waals surface area contributed by atoms with E-state index in [1.54, 1.807) is 11.8 Å². The smallest absolute Gasteiger partial charge is 0.126 e. The maximum atomic E-state index is 6.21. The van der Waals surface area contributed by atoms with Crippen LogP contribution in [-0.2, 0) is 5.75 Å². The lowest BCUT2D eigenvalue weighted by Crippen LogP contribution is -2.03. The van der Waals surface area contributed by atoms with Gasteiger partial charge in [-0.3, -0.25) is 0 Å². The van der Waals surface area contributed by atoms with Crippen molar-refractivity contribution in [1.29, 1.82) is 0 Å². The Bertz CT molecular complexity index is 560. The quantitative estimate of drug-likeness (QED) is 0.668. The highest BCUT2D eigenvalue weighted by Crippen LogP contribution is 2.27. The number of nitrogens with one attached hydrogen (secondary N) is 1. The number of aromatic nitrogens is 1. The van der Waals surface area contributed by atoms with Crippen LogP contribution in [0.3, 0.4) is 0 Å². The molecule has 1 aromatic heterocycles. The molecule has 0 aliphatic carbocycles. The van der Waals surface area contributed by atoms with Crippen LogP contribution >= 0.6 is 39.3 Å². The third kappa shape index (κ3) is 4.69. The molecule has 1 aromatic carbocycles. The molecule has 20 heavy (non-hydrogen) atoms. The second-order valence-corrected chi connectivity index (χ2v) is 6.67. The first-order valence-electron chi connectivity index (χ1n) is 6.46. The zero-order valence-corrected chi connectivity index (χ0v) is 14.4. The summed E-state index contributed by atoms with van der Waals surface area (Å²) >= 11 is 11.4. The molecule has 2 rings (SSSR count). The van der Waals surface area contributed by atoms with E-state index < -0.39 is 0 Å². The summed E-state index contributed by atoms with van der Waals surface area (Å²) in [5.41, 5.74) is 0.917. The zero-order valence-electron chi connectivity index (χ0n) is 11.2. The van der Waals surface area contributed by atoms with Gasteiger partial charge in [0.2, 0.25) is 0 Å². The molecule has 0 aliphatic heterocycles. The van der Waals surface area contributed by atoms with E-state index in [2.05, 4.69) is 45.3 Å². The Balaban J connectivity index is 2.02. The second kappa shape index (κ2) is 7.91. The van der Waals surface area contributed by atoms with E-state index >= 15 is 0 Å². The first-order chi connectivity index (χ1) is 9.69. The van der Waals surface area contributed by atoms with Crippen LogP contribution < -0.4 is 5.32 Å². The Morgan fingerprint density at radius 2 is 1.95 bits per heavy atom. The fraction of sp³-hybridized carbons (Fsp3) is 0.267. The number of anilines is 1. The SMILES string of the molecule is CCCNc1ccc(Cl)c(CSc2ccc(Br)cc2)n1. The van der Waals surface area contributed by atoms with Gasteiger partial charge in [0.25, 0.3) is 0 Å². The summed E-state index contributed by atoms with van der Waals surface area (Å²) in [6, 6.07) is 12.1. The van der Waals surface area contributed by atoms with Gasteiger partial charge in [0, 0.05) is 21.7 Å². The van der Waals surface area contributed by atoms with Gasteiger partial charge in [-0.05, 0) is 42.8 Å². The molecule has 0 saturated carbocycles. The first-order valence-corrected chi connectivity index (χ1v) is 8.62. The van der Waals surface area contributed by atoms with Crippen LogP contribution in [0.25, 0.3) is 0 Å². The molecule has 0 aliphatic rings. The maximum absolute atomic E-state index is 6.21. The molecule has 0 spiro atoms. The van der Waals surface area contributed by atoms with Gasteiger partial charge in [0.05, 0.1) is 10.7 Å². The van der Waals surface area contributed by atoms with E-state index in [4.69, 9.17) is 11.6 Å². The molecular weight excluding hydrogens is 356 g/mol. The van der Waals surface area contributed by atoms with Crippen molar-refractivity contribution in [1.82, 2.24) is 4.98 Å². The van der Waals surface area contributed by atoms with E-state index in [0.29, 0.717) is 0 Å². The van der Waals surface area contributed by atoms with Gasteiger partial charge >= 0.3 is 0 Å². The molecule has 0 atom stereocenters. The van der Waals surface area contributed by atoms with Crippen molar-refractivity contribution in [3.8, 4) is 0 Å². The van der Waals surface area contributed by atoms with Crippen molar-refractivity contribution < 1.29 is 0 Å². The van der Waals surface area contributed by atoms with Crippen molar-refractivity contribution in [2.24, 2.45) is 0 Å². The zero-order chi connectivity index (χ0) is 14.4. The van der Waals surface area contributed by atoms with E-state index in [9.17, 15) is 0 Å². The standard InChI is InChI=1S/C15H16BrClN2S/c1-2-9-18-15-8-7-13(17)14(19-15)10-20-12-5-3-11(16)4-6-12/h3-8H,2,9-10H2,1H3,(H,18,19). The number of hydrogen-bond donors (Lipinski definition) is 1. The van der Waals surface area contributed by atoms with Crippen LogP contribution in [0, 0.1) is 0 Å². The van der Waals surface area contributed by atoms with Crippen LogP contribution in [0.4, 0.5) is 5.82 Å². The van der Waals surface area contributed by atoms with Crippen molar-refractivity contribution in [3.05, 3.63) is 51.6 Å². The van der Waals surface area contributed by atoms with Gasteiger partial charge in [0.1, 0.15) is 5.82 Å². The number of halogens is 2. The first kappa shape index (κ1) is 15.7. The second-order valence-electron chi connectivity index (χ2n) is 4.29. The Labute approximate surface area is 137 Å². The fourth-order valence-electron chi connectivity index (χ4n) is 1.62. The number of nitrogens with zero attached hydrogens (tertiary/aromatic N) is 1. The largest absolute Gasteiger partial charge is 0.370 e. The van der Waals surface area contributed by atoms with Crippen molar-refractivity contribution >= 4 is 45.1 Å². The summed E-state index contributed by atoms with van der Waals surface area (Å²) in [4.78, 5) is 5.78. The summed E-state index contributed by atoms with van der Waals surface area (Å²) in [6.45, 7) is 3.06. The predicted octanol–water partition coefficient (Wildman–Crippen LogP) is 5.61. The summed E-state index contributed by atoms with van der Waals surface area (Å²) in [5.74, 6) is 1.66. The van der Waals surface area contributed by atoms with Crippen molar-refractivity contribution in [2.75, 3.05) is 11.9 Å². The van der Waals surface area contributed by atoms with Crippen molar-refractivity contribution in [2.45, 2.75) is 24.0 Å². The van der Waals surface area contributed by atoms with Crippen LogP contribution in [-0.4, -0.2) is 11.5 Å². The number of rotatable bonds is 6. The van der Waals surface area contributed by atoms with E-state index in [0.717, 1.165) is 39.7 Å². The van der Waals surface area contributed by atoms with Crippen LogP contribution in [0.5, 0.6) is 0 Å². The molecule has 106 valence electrons. The molecule has 0 fully saturated rings. The average molecular weight is 372 g/mol. The molecule has 1 heterocycles. The average Bonchev–Trinajstić information content (AvgIpc) is 2.46. The van der Waals surface area contributed by atoms with Crippen LogP contribution in [0.15, 0.2) is 45.8 Å². The number of pyridine rings is 1. The maximum Gasteiger partial charge on any atom is 0.126 e. The minimum atomic E-state index is 0.719. The molecule has 0 amide bonds. The number of thioether (sulfide) groups is 1. The minimum absolute atomic E-state index is 0.719. The Morgan fingerprint density at radius 1 is 1.20 bits per heavy atom. The number of hydrogen-bond acceptors (Lipinski definition) is 3. The summed E-state index contributed by atoms with van der Waals surface area (Å²) in [7, 11) is 0. The highest BCUT2D eigenvalue weighted by Gasteiger charge is 2.05. The van der Waals surface area contributed by atoms with Crippen LogP contribution in [0.1, 0.15) is 19.0 Å². The topological polar surface area (TPSA) is 24.9 Å². The molecule has 0 unspecified atom stereocenters. The van der Waals surface area contributed by atoms with Gasteiger partial charge in [-0.1, -0.05) is 34.5 Å². The molecule has 0 saturated heterocycles. The summed E-state index contributed by atoms with van der Waals surface area (Å²) in [5, 5.41) is 4.00. The van der Waals surface area contributed by atoms with Crippen LogP contribution in [0.2, 0.25) is 5.02 Å². The van der Waals surface area contributed by atoms with E-state index in [1.165, 1.54) is 4.90 Å². The van der Waals surface area contributed by atoms with Crippen molar-refractivity contribution in [3.63, 3.8) is 0 Å². The van der Waals surface area contributed by atoms with E-state index in [-0.39, 0.29) is 0 Å². The Kier molecular flexibility index (Phi) is 6.20. The molecule has 1 N–H and O–H groups in total. The highest BCUT2D eigenvalue weighted by molar-refractivity contribution is 9.10. The molecular formula is C15H16BrClN2S.